The summed E-state index contributed by atoms with van der Waals surface area (Å²) in [6, 6.07) is 3.93. The number of carbonyl (C=O) groups is 1. The van der Waals surface area contributed by atoms with E-state index in [1.165, 1.54) is 12.1 Å². The van der Waals surface area contributed by atoms with Gasteiger partial charge in [0.05, 0.1) is 17.1 Å². The fourth-order valence-electron chi connectivity index (χ4n) is 2.11. The minimum atomic E-state index is -3.72. The minimum Gasteiger partial charge on any atom is -0.478 e. The van der Waals surface area contributed by atoms with Crippen LogP contribution < -0.4 is 4.72 Å². The van der Waals surface area contributed by atoms with Crippen LogP contribution in [0, 0.1) is 5.92 Å². The zero-order valence-corrected chi connectivity index (χ0v) is 13.6. The molecule has 116 valence electrons. The number of benzene rings is 1. The molecule has 6 nitrogen and oxygen atoms in total. The van der Waals surface area contributed by atoms with Crippen molar-refractivity contribution in [1.29, 1.82) is 0 Å². The zero-order valence-electron chi connectivity index (χ0n) is 11.2. The molecule has 1 saturated heterocycles. The summed E-state index contributed by atoms with van der Waals surface area (Å²) in [4.78, 5) is 11.0. The van der Waals surface area contributed by atoms with Crippen LogP contribution in [0.25, 0.3) is 0 Å². The van der Waals surface area contributed by atoms with Gasteiger partial charge in [0, 0.05) is 17.6 Å². The number of hydrogen-bond donors (Lipinski definition) is 2. The van der Waals surface area contributed by atoms with Gasteiger partial charge in [-0.25, -0.2) is 17.9 Å². The minimum absolute atomic E-state index is 0.0557. The summed E-state index contributed by atoms with van der Waals surface area (Å²) in [5, 5.41) is 9.03. The molecule has 1 aliphatic rings. The van der Waals surface area contributed by atoms with Crippen LogP contribution in [0.4, 0.5) is 0 Å². The van der Waals surface area contributed by atoms with Crippen molar-refractivity contribution < 1.29 is 23.1 Å². The van der Waals surface area contributed by atoms with Gasteiger partial charge >= 0.3 is 5.97 Å². The third-order valence-corrected chi connectivity index (χ3v) is 5.41. The van der Waals surface area contributed by atoms with Crippen LogP contribution in [0.15, 0.2) is 27.6 Å². The molecule has 1 fully saturated rings. The summed E-state index contributed by atoms with van der Waals surface area (Å²) in [5.41, 5.74) is -0.0844. The van der Waals surface area contributed by atoms with E-state index in [4.69, 9.17) is 9.84 Å². The van der Waals surface area contributed by atoms with Crippen molar-refractivity contribution >= 4 is 31.9 Å². The van der Waals surface area contributed by atoms with Crippen molar-refractivity contribution in [3.63, 3.8) is 0 Å². The van der Waals surface area contributed by atoms with Gasteiger partial charge in [0.2, 0.25) is 10.0 Å². The molecule has 0 bridgehead atoms. The van der Waals surface area contributed by atoms with Gasteiger partial charge in [-0.15, -0.1) is 0 Å². The van der Waals surface area contributed by atoms with Gasteiger partial charge in [-0.3, -0.25) is 0 Å². The van der Waals surface area contributed by atoms with Gasteiger partial charge in [-0.1, -0.05) is 0 Å². The molecule has 1 atom stereocenters. The predicted octanol–water partition coefficient (Wildman–Crippen LogP) is 1.85. The second-order valence-corrected chi connectivity index (χ2v) is 7.50. The van der Waals surface area contributed by atoms with Crippen LogP contribution in [0.5, 0.6) is 0 Å². The Kier molecular flexibility index (Phi) is 5.37. The molecule has 2 rings (SSSR count). The van der Waals surface area contributed by atoms with E-state index in [1.54, 1.807) is 0 Å². The first kappa shape index (κ1) is 16.4. The number of carboxylic acids is 1. The molecule has 1 aromatic rings. The Balaban J connectivity index is 2.11. The number of ether oxygens (including phenoxy) is 1. The number of carboxylic acid groups (broad SMARTS) is 1. The lowest BCUT2D eigenvalue weighted by atomic mass is 10.0. The third kappa shape index (κ3) is 4.26. The average Bonchev–Trinajstić information content (AvgIpc) is 2.46. The maximum Gasteiger partial charge on any atom is 0.336 e. The number of nitrogens with one attached hydrogen (secondary N) is 1. The highest BCUT2D eigenvalue weighted by Crippen LogP contribution is 2.21. The lowest BCUT2D eigenvalue weighted by molar-refractivity contribution is 0.0568. The highest BCUT2D eigenvalue weighted by atomic mass is 79.9. The second kappa shape index (κ2) is 6.87. The highest BCUT2D eigenvalue weighted by Gasteiger charge is 2.21. The van der Waals surface area contributed by atoms with Gasteiger partial charge in [0.1, 0.15) is 0 Å². The Morgan fingerprint density at radius 2 is 2.24 bits per heavy atom. The summed E-state index contributed by atoms with van der Waals surface area (Å²) in [5.74, 6) is -1.03. The summed E-state index contributed by atoms with van der Waals surface area (Å²) >= 11 is 3.09. The van der Waals surface area contributed by atoms with Gasteiger partial charge in [0.15, 0.2) is 0 Å². The van der Waals surface area contributed by atoms with E-state index in [0.717, 1.165) is 25.5 Å². The second-order valence-electron chi connectivity index (χ2n) is 4.88. The smallest absolute Gasteiger partial charge is 0.336 e. The Morgan fingerprint density at radius 1 is 1.48 bits per heavy atom. The largest absolute Gasteiger partial charge is 0.478 e. The molecule has 1 aliphatic heterocycles. The molecule has 0 aromatic heterocycles. The molecule has 0 radical (unpaired) electrons. The summed E-state index contributed by atoms with van der Waals surface area (Å²) < 4.78 is 32.6. The third-order valence-electron chi connectivity index (χ3n) is 3.30. The Morgan fingerprint density at radius 3 is 2.86 bits per heavy atom. The number of aromatic carboxylic acids is 1. The van der Waals surface area contributed by atoms with Crippen molar-refractivity contribution in [2.24, 2.45) is 5.92 Å². The van der Waals surface area contributed by atoms with Crippen LogP contribution in [0.3, 0.4) is 0 Å². The summed E-state index contributed by atoms with van der Waals surface area (Å²) in [6.45, 7) is 1.56. The first-order chi connectivity index (χ1) is 9.90. The Bertz CT molecular complexity index is 625. The zero-order chi connectivity index (χ0) is 15.5. The van der Waals surface area contributed by atoms with Crippen molar-refractivity contribution in [2.45, 2.75) is 17.7 Å². The standard InChI is InChI=1S/C13H16BrNO5S/c14-12-4-3-10(6-11(12)13(16)17)21(18,19)15-7-9-2-1-5-20-8-9/h3-4,6,9,15H,1-2,5,7-8H2,(H,16,17). The van der Waals surface area contributed by atoms with Crippen LogP contribution in [0.2, 0.25) is 0 Å². The Labute approximate surface area is 131 Å². The van der Waals surface area contributed by atoms with E-state index < -0.39 is 16.0 Å². The summed E-state index contributed by atoms with van der Waals surface area (Å²) in [7, 11) is -3.72. The van der Waals surface area contributed by atoms with E-state index in [2.05, 4.69) is 20.7 Å². The topological polar surface area (TPSA) is 92.7 Å². The van der Waals surface area contributed by atoms with Crippen molar-refractivity contribution in [3.8, 4) is 0 Å². The normalized spacial score (nSPS) is 19.4. The SMILES string of the molecule is O=C(O)c1cc(S(=O)(=O)NCC2CCCOC2)ccc1Br. The number of halogens is 1. The van der Waals surface area contributed by atoms with E-state index >= 15 is 0 Å². The maximum absolute atomic E-state index is 12.2. The lowest BCUT2D eigenvalue weighted by Crippen LogP contribution is -2.33. The molecular weight excluding hydrogens is 362 g/mol. The average molecular weight is 378 g/mol. The van der Waals surface area contributed by atoms with Crippen molar-refractivity contribution in [2.75, 3.05) is 19.8 Å². The van der Waals surface area contributed by atoms with Crippen LogP contribution in [0.1, 0.15) is 23.2 Å². The molecule has 8 heteroatoms. The van der Waals surface area contributed by atoms with Crippen LogP contribution >= 0.6 is 15.9 Å². The molecule has 21 heavy (non-hydrogen) atoms. The molecule has 0 spiro atoms. The molecule has 1 heterocycles. The molecular formula is C13H16BrNO5S. The van der Waals surface area contributed by atoms with E-state index in [1.807, 2.05) is 0 Å². The van der Waals surface area contributed by atoms with E-state index in [0.29, 0.717) is 17.6 Å². The first-order valence-corrected chi connectivity index (χ1v) is 8.78. The van der Waals surface area contributed by atoms with Gasteiger partial charge in [0.25, 0.3) is 0 Å². The molecule has 2 N–H and O–H groups in total. The quantitative estimate of drug-likeness (QED) is 0.816. The molecule has 0 amide bonds. The highest BCUT2D eigenvalue weighted by molar-refractivity contribution is 9.10. The van der Waals surface area contributed by atoms with Crippen molar-refractivity contribution in [1.82, 2.24) is 4.72 Å². The number of sulfonamides is 1. The maximum atomic E-state index is 12.2. The van der Waals surface area contributed by atoms with Gasteiger partial charge < -0.3 is 9.84 Å². The predicted molar refractivity (Wildman–Crippen MR) is 79.8 cm³/mol. The van der Waals surface area contributed by atoms with Crippen LogP contribution in [-0.2, 0) is 14.8 Å². The number of rotatable bonds is 5. The number of hydrogen-bond acceptors (Lipinski definition) is 4. The molecule has 0 aliphatic carbocycles. The first-order valence-electron chi connectivity index (χ1n) is 6.50. The van der Waals surface area contributed by atoms with Gasteiger partial charge in [-0.2, -0.15) is 0 Å². The lowest BCUT2D eigenvalue weighted by Gasteiger charge is -2.22. The fraction of sp³-hybridized carbons (Fsp3) is 0.462. The summed E-state index contributed by atoms with van der Waals surface area (Å²) in [6.07, 6.45) is 1.84. The molecule has 0 saturated carbocycles. The monoisotopic (exact) mass is 377 g/mol. The van der Waals surface area contributed by atoms with Gasteiger partial charge in [-0.05, 0) is 52.9 Å². The van der Waals surface area contributed by atoms with E-state index in [-0.39, 0.29) is 16.4 Å². The Hall–Kier alpha value is -0.960. The van der Waals surface area contributed by atoms with E-state index in [9.17, 15) is 13.2 Å². The molecule has 1 unspecified atom stereocenters. The molecule has 1 aromatic carbocycles. The van der Waals surface area contributed by atoms with Crippen molar-refractivity contribution in [3.05, 3.63) is 28.2 Å². The van der Waals surface area contributed by atoms with Crippen LogP contribution in [-0.4, -0.2) is 39.3 Å². The fourth-order valence-corrected chi connectivity index (χ4v) is 3.67.